The van der Waals surface area contributed by atoms with E-state index in [2.05, 4.69) is 20.4 Å². The molecule has 1 saturated carbocycles. The van der Waals surface area contributed by atoms with Crippen molar-refractivity contribution < 1.29 is 4.79 Å². The average molecular weight is 289 g/mol. The van der Waals surface area contributed by atoms with Gasteiger partial charge >= 0.3 is 6.03 Å². The molecule has 1 aromatic heterocycles. The van der Waals surface area contributed by atoms with Gasteiger partial charge in [0.25, 0.3) is 0 Å². The lowest BCUT2D eigenvalue weighted by atomic mass is 10.2. The molecule has 114 valence electrons. The Hall–Kier alpha value is -1.85. The van der Waals surface area contributed by atoms with E-state index in [9.17, 15) is 4.79 Å². The number of hydrogen-bond acceptors (Lipinski definition) is 4. The Kier molecular flexibility index (Phi) is 4.22. The lowest BCUT2D eigenvalue weighted by Gasteiger charge is -2.35. The number of rotatable bonds is 2. The number of hydrogen-bond donors (Lipinski definition) is 1. The Balaban J connectivity index is 1.50. The maximum Gasteiger partial charge on any atom is 0.317 e. The van der Waals surface area contributed by atoms with Crippen LogP contribution in [-0.4, -0.2) is 53.3 Å². The van der Waals surface area contributed by atoms with E-state index < -0.39 is 0 Å². The Labute approximate surface area is 125 Å². The summed E-state index contributed by atoms with van der Waals surface area (Å²) in [6.07, 6.45) is 4.74. The lowest BCUT2D eigenvalue weighted by molar-refractivity contribution is 0.190. The third-order valence-electron chi connectivity index (χ3n) is 4.36. The van der Waals surface area contributed by atoms with Crippen LogP contribution in [0.5, 0.6) is 0 Å². The highest BCUT2D eigenvalue weighted by molar-refractivity contribution is 5.75. The molecule has 2 aliphatic rings. The fourth-order valence-electron chi connectivity index (χ4n) is 3.04. The van der Waals surface area contributed by atoms with Gasteiger partial charge in [-0.3, -0.25) is 0 Å². The van der Waals surface area contributed by atoms with Crippen molar-refractivity contribution in [3.05, 3.63) is 17.8 Å². The summed E-state index contributed by atoms with van der Waals surface area (Å²) in [5, 5.41) is 11.5. The van der Waals surface area contributed by atoms with Gasteiger partial charge in [0.2, 0.25) is 0 Å². The summed E-state index contributed by atoms with van der Waals surface area (Å²) in [7, 11) is 0. The van der Waals surface area contributed by atoms with Gasteiger partial charge in [-0.1, -0.05) is 12.8 Å². The van der Waals surface area contributed by atoms with Crippen molar-refractivity contribution in [1.82, 2.24) is 20.4 Å². The smallest absolute Gasteiger partial charge is 0.317 e. The average Bonchev–Trinajstić information content (AvgIpc) is 3.01. The summed E-state index contributed by atoms with van der Waals surface area (Å²) in [5.74, 6) is 0.899. The van der Waals surface area contributed by atoms with Crippen molar-refractivity contribution in [2.24, 2.45) is 0 Å². The van der Waals surface area contributed by atoms with Crippen LogP contribution in [0.1, 0.15) is 31.4 Å². The van der Waals surface area contributed by atoms with E-state index in [1.807, 2.05) is 24.0 Å². The maximum absolute atomic E-state index is 12.2. The van der Waals surface area contributed by atoms with Crippen molar-refractivity contribution in [2.45, 2.75) is 38.6 Å². The third kappa shape index (κ3) is 3.43. The summed E-state index contributed by atoms with van der Waals surface area (Å²) in [4.78, 5) is 16.3. The number of carbonyl (C=O) groups is 1. The minimum atomic E-state index is 0.0940. The Bertz CT molecular complexity index is 475. The topological polar surface area (TPSA) is 61.4 Å². The van der Waals surface area contributed by atoms with Gasteiger partial charge in [0.05, 0.1) is 5.69 Å². The van der Waals surface area contributed by atoms with Crippen LogP contribution >= 0.6 is 0 Å². The summed E-state index contributed by atoms with van der Waals surface area (Å²) in [6.45, 7) is 5.05. The van der Waals surface area contributed by atoms with Crippen LogP contribution in [0.2, 0.25) is 0 Å². The van der Waals surface area contributed by atoms with E-state index in [-0.39, 0.29) is 6.03 Å². The van der Waals surface area contributed by atoms with Crippen molar-refractivity contribution in [3.63, 3.8) is 0 Å². The molecule has 1 aliphatic heterocycles. The first-order chi connectivity index (χ1) is 10.2. The van der Waals surface area contributed by atoms with Crippen LogP contribution in [0.4, 0.5) is 10.6 Å². The van der Waals surface area contributed by atoms with Crippen LogP contribution in [0.25, 0.3) is 0 Å². The minimum absolute atomic E-state index is 0.0940. The SMILES string of the molecule is Cc1ccc(N2CCN(C(=O)NC3CCCC3)CC2)nn1. The molecule has 2 fully saturated rings. The van der Waals surface area contributed by atoms with E-state index in [1.165, 1.54) is 12.8 Å². The molecule has 1 saturated heterocycles. The summed E-state index contributed by atoms with van der Waals surface area (Å²) in [6, 6.07) is 4.45. The van der Waals surface area contributed by atoms with E-state index in [4.69, 9.17) is 0 Å². The van der Waals surface area contributed by atoms with Crippen LogP contribution in [0, 0.1) is 6.92 Å². The van der Waals surface area contributed by atoms with Gasteiger partial charge in [0.15, 0.2) is 5.82 Å². The van der Waals surface area contributed by atoms with Crippen LogP contribution in [0.3, 0.4) is 0 Å². The van der Waals surface area contributed by atoms with Gasteiger partial charge in [-0.25, -0.2) is 4.79 Å². The first kappa shape index (κ1) is 14.1. The minimum Gasteiger partial charge on any atom is -0.352 e. The second-order valence-corrected chi connectivity index (χ2v) is 5.94. The Morgan fingerprint density at radius 1 is 1.14 bits per heavy atom. The largest absolute Gasteiger partial charge is 0.352 e. The Morgan fingerprint density at radius 2 is 1.86 bits per heavy atom. The van der Waals surface area contributed by atoms with Gasteiger partial charge in [-0.05, 0) is 31.9 Å². The molecule has 2 amide bonds. The highest BCUT2D eigenvalue weighted by atomic mass is 16.2. The number of anilines is 1. The van der Waals surface area contributed by atoms with Gasteiger partial charge in [0, 0.05) is 32.2 Å². The summed E-state index contributed by atoms with van der Waals surface area (Å²) < 4.78 is 0. The van der Waals surface area contributed by atoms with Crippen LogP contribution in [-0.2, 0) is 0 Å². The van der Waals surface area contributed by atoms with Crippen molar-refractivity contribution in [3.8, 4) is 0 Å². The molecular formula is C15H23N5O. The van der Waals surface area contributed by atoms with Crippen molar-refractivity contribution >= 4 is 11.8 Å². The van der Waals surface area contributed by atoms with E-state index in [1.54, 1.807) is 0 Å². The number of aromatic nitrogens is 2. The molecule has 0 atom stereocenters. The van der Waals surface area contributed by atoms with Crippen LogP contribution < -0.4 is 10.2 Å². The molecule has 3 rings (SSSR count). The number of amides is 2. The number of nitrogens with zero attached hydrogens (tertiary/aromatic N) is 4. The quantitative estimate of drug-likeness (QED) is 0.897. The predicted molar refractivity (Wildman–Crippen MR) is 81.3 cm³/mol. The normalized spacial score (nSPS) is 19.9. The molecular weight excluding hydrogens is 266 g/mol. The third-order valence-corrected chi connectivity index (χ3v) is 4.36. The van der Waals surface area contributed by atoms with Crippen LogP contribution in [0.15, 0.2) is 12.1 Å². The Morgan fingerprint density at radius 3 is 2.48 bits per heavy atom. The lowest BCUT2D eigenvalue weighted by Crippen LogP contribution is -2.53. The first-order valence-corrected chi connectivity index (χ1v) is 7.83. The highest BCUT2D eigenvalue weighted by Crippen LogP contribution is 2.18. The molecule has 6 heteroatoms. The molecule has 0 unspecified atom stereocenters. The van der Waals surface area contributed by atoms with E-state index >= 15 is 0 Å². The van der Waals surface area contributed by atoms with Crippen molar-refractivity contribution in [2.75, 3.05) is 31.1 Å². The summed E-state index contributed by atoms with van der Waals surface area (Å²) in [5.41, 5.74) is 0.924. The fraction of sp³-hybridized carbons (Fsp3) is 0.667. The zero-order chi connectivity index (χ0) is 14.7. The molecule has 2 heterocycles. The second-order valence-electron chi connectivity index (χ2n) is 5.94. The molecule has 0 radical (unpaired) electrons. The number of aryl methyl sites for hydroxylation is 1. The van der Waals surface area contributed by atoms with Gasteiger partial charge < -0.3 is 15.1 Å². The number of nitrogens with one attached hydrogen (secondary N) is 1. The van der Waals surface area contributed by atoms with Gasteiger partial charge in [-0.15, -0.1) is 5.10 Å². The zero-order valence-electron chi connectivity index (χ0n) is 12.6. The van der Waals surface area contributed by atoms with Gasteiger partial charge in [0.1, 0.15) is 0 Å². The molecule has 1 aliphatic carbocycles. The second kappa shape index (κ2) is 6.28. The van der Waals surface area contributed by atoms with Gasteiger partial charge in [-0.2, -0.15) is 5.10 Å². The zero-order valence-corrected chi connectivity index (χ0v) is 12.6. The van der Waals surface area contributed by atoms with E-state index in [0.29, 0.717) is 6.04 Å². The molecule has 0 spiro atoms. The van der Waals surface area contributed by atoms with Crippen molar-refractivity contribution in [1.29, 1.82) is 0 Å². The molecule has 1 N–H and O–H groups in total. The fourth-order valence-corrected chi connectivity index (χ4v) is 3.04. The highest BCUT2D eigenvalue weighted by Gasteiger charge is 2.24. The number of urea groups is 1. The van der Waals surface area contributed by atoms with E-state index in [0.717, 1.165) is 50.5 Å². The maximum atomic E-state index is 12.2. The summed E-state index contributed by atoms with van der Waals surface area (Å²) >= 11 is 0. The molecule has 21 heavy (non-hydrogen) atoms. The molecule has 0 aromatic carbocycles. The number of piperazine rings is 1. The molecule has 6 nitrogen and oxygen atoms in total. The first-order valence-electron chi connectivity index (χ1n) is 7.83. The molecule has 0 bridgehead atoms. The predicted octanol–water partition coefficient (Wildman–Crippen LogP) is 1.56. The monoisotopic (exact) mass is 289 g/mol. The molecule has 1 aromatic rings. The standard InChI is InChI=1S/C15H23N5O/c1-12-6-7-14(18-17-12)19-8-10-20(11-9-19)15(21)16-13-4-2-3-5-13/h6-7,13H,2-5,8-11H2,1H3,(H,16,21). The number of carbonyl (C=O) groups excluding carboxylic acids is 1.